The predicted molar refractivity (Wildman–Crippen MR) is 41.1 cm³/mol. The number of pyridine rings is 1. The summed E-state index contributed by atoms with van der Waals surface area (Å²) in [5, 5.41) is 8.48. The van der Waals surface area contributed by atoms with Crippen LogP contribution < -0.4 is 5.73 Å². The predicted octanol–water partition coefficient (Wildman–Crippen LogP) is 1.30. The second-order valence-corrected chi connectivity index (χ2v) is 2.56. The van der Waals surface area contributed by atoms with Crippen molar-refractivity contribution in [2.75, 3.05) is 5.73 Å². The quantitative estimate of drug-likeness (QED) is 0.683. The Morgan fingerprint density at radius 1 is 1.70 bits per heavy atom. The Labute approximate surface area is 66.6 Å². The summed E-state index contributed by atoms with van der Waals surface area (Å²) < 4.78 is 0.671. The van der Waals surface area contributed by atoms with E-state index in [0.717, 1.165) is 0 Å². The highest BCUT2D eigenvalue weighted by Crippen LogP contribution is 2.15. The first-order valence-corrected chi connectivity index (χ1v) is 3.34. The van der Waals surface area contributed by atoms with Gasteiger partial charge in [0.2, 0.25) is 0 Å². The van der Waals surface area contributed by atoms with Gasteiger partial charge in [-0.05, 0) is 22.0 Å². The minimum Gasteiger partial charge on any atom is -0.384 e. The molecule has 0 radical (unpaired) electrons. The maximum absolute atomic E-state index is 8.48. The highest BCUT2D eigenvalue weighted by molar-refractivity contribution is 9.10. The summed E-state index contributed by atoms with van der Waals surface area (Å²) in [6.45, 7) is 0. The molecule has 10 heavy (non-hydrogen) atoms. The molecule has 0 fully saturated rings. The number of hydrogen-bond donors (Lipinski definition) is 1. The second-order valence-electron chi connectivity index (χ2n) is 1.70. The number of nitrogen functional groups attached to an aromatic ring is 1. The average molecular weight is 198 g/mol. The van der Waals surface area contributed by atoms with Gasteiger partial charge in [0.05, 0.1) is 10.0 Å². The van der Waals surface area contributed by atoms with Gasteiger partial charge in [-0.2, -0.15) is 5.26 Å². The van der Waals surface area contributed by atoms with Crippen LogP contribution in [0.5, 0.6) is 0 Å². The summed E-state index contributed by atoms with van der Waals surface area (Å²) in [7, 11) is 0. The average Bonchev–Trinajstić information content (AvgIpc) is 1.94. The molecule has 2 N–H and O–H groups in total. The second kappa shape index (κ2) is 2.67. The van der Waals surface area contributed by atoms with Crippen LogP contribution in [-0.2, 0) is 0 Å². The van der Waals surface area contributed by atoms with E-state index < -0.39 is 0 Å². The molecule has 1 aromatic rings. The van der Waals surface area contributed by atoms with Crippen LogP contribution >= 0.6 is 15.9 Å². The normalized spacial score (nSPS) is 8.80. The molecule has 1 rings (SSSR count). The molecule has 1 aromatic heterocycles. The number of anilines is 1. The Bertz CT molecular complexity index is 290. The zero-order chi connectivity index (χ0) is 7.56. The number of nitriles is 1. The Balaban J connectivity index is 3.25. The van der Waals surface area contributed by atoms with Gasteiger partial charge in [0.25, 0.3) is 0 Å². The summed E-state index contributed by atoms with van der Waals surface area (Å²) >= 11 is 3.15. The number of rotatable bonds is 0. The standard InChI is InChI=1S/C6H4BrN3/c7-5-3-10-6(9)1-4(5)2-8/h1,3H,(H2,9,10). The van der Waals surface area contributed by atoms with Crippen molar-refractivity contribution >= 4 is 21.7 Å². The molecule has 0 aromatic carbocycles. The van der Waals surface area contributed by atoms with E-state index in [-0.39, 0.29) is 0 Å². The third kappa shape index (κ3) is 1.25. The molecule has 1 heterocycles. The molecule has 0 unspecified atom stereocenters. The Morgan fingerprint density at radius 3 is 2.90 bits per heavy atom. The largest absolute Gasteiger partial charge is 0.384 e. The SMILES string of the molecule is N#Cc1cc(N)ncc1Br. The summed E-state index contributed by atoms with van der Waals surface area (Å²) in [6.07, 6.45) is 1.51. The van der Waals surface area contributed by atoms with E-state index in [2.05, 4.69) is 20.9 Å². The maximum Gasteiger partial charge on any atom is 0.124 e. The minimum absolute atomic E-state index is 0.361. The maximum atomic E-state index is 8.48. The van der Waals surface area contributed by atoms with Gasteiger partial charge in [-0.15, -0.1) is 0 Å². The lowest BCUT2D eigenvalue weighted by molar-refractivity contribution is 1.30. The summed E-state index contributed by atoms with van der Waals surface area (Å²) in [5.74, 6) is 0.361. The van der Waals surface area contributed by atoms with Crippen LogP contribution in [0, 0.1) is 11.3 Å². The molecule has 0 amide bonds. The molecule has 0 aliphatic carbocycles. The number of aromatic nitrogens is 1. The third-order valence-corrected chi connectivity index (χ3v) is 1.63. The van der Waals surface area contributed by atoms with Crippen molar-refractivity contribution in [2.45, 2.75) is 0 Å². The van der Waals surface area contributed by atoms with Crippen LogP contribution in [0.1, 0.15) is 5.56 Å². The molecule has 3 nitrogen and oxygen atoms in total. The fourth-order valence-corrected chi connectivity index (χ4v) is 0.846. The topological polar surface area (TPSA) is 62.7 Å². The van der Waals surface area contributed by atoms with Gasteiger partial charge in [-0.3, -0.25) is 0 Å². The highest BCUT2D eigenvalue weighted by atomic mass is 79.9. The van der Waals surface area contributed by atoms with Crippen molar-refractivity contribution in [3.8, 4) is 6.07 Å². The lowest BCUT2D eigenvalue weighted by atomic mass is 10.3. The van der Waals surface area contributed by atoms with E-state index in [4.69, 9.17) is 11.0 Å². The molecule has 0 spiro atoms. The number of nitrogens with zero attached hydrogens (tertiary/aromatic N) is 2. The van der Waals surface area contributed by atoms with Crippen LogP contribution in [-0.4, -0.2) is 4.98 Å². The van der Waals surface area contributed by atoms with Crippen LogP contribution in [0.15, 0.2) is 16.7 Å². The van der Waals surface area contributed by atoms with Crippen molar-refractivity contribution < 1.29 is 0 Å². The van der Waals surface area contributed by atoms with Crippen molar-refractivity contribution in [3.63, 3.8) is 0 Å². The summed E-state index contributed by atoms with van der Waals surface area (Å²) in [4.78, 5) is 3.77. The molecule has 0 saturated carbocycles. The molecule has 0 bridgehead atoms. The van der Waals surface area contributed by atoms with Gasteiger partial charge in [0.1, 0.15) is 11.9 Å². The smallest absolute Gasteiger partial charge is 0.124 e. The lowest BCUT2D eigenvalue weighted by Crippen LogP contribution is -1.90. The van der Waals surface area contributed by atoms with Crippen molar-refractivity contribution in [3.05, 3.63) is 22.3 Å². The fraction of sp³-hybridized carbons (Fsp3) is 0. The van der Waals surface area contributed by atoms with Gasteiger partial charge < -0.3 is 5.73 Å². The van der Waals surface area contributed by atoms with E-state index in [1.54, 1.807) is 0 Å². The Kier molecular flexibility index (Phi) is 1.88. The van der Waals surface area contributed by atoms with E-state index in [1.807, 2.05) is 6.07 Å². The van der Waals surface area contributed by atoms with Crippen molar-refractivity contribution in [1.29, 1.82) is 5.26 Å². The lowest BCUT2D eigenvalue weighted by Gasteiger charge is -1.93. The van der Waals surface area contributed by atoms with Crippen molar-refractivity contribution in [2.24, 2.45) is 0 Å². The van der Waals surface area contributed by atoms with Crippen molar-refractivity contribution in [1.82, 2.24) is 4.98 Å². The van der Waals surface area contributed by atoms with Gasteiger partial charge >= 0.3 is 0 Å². The van der Waals surface area contributed by atoms with E-state index in [1.165, 1.54) is 12.3 Å². The van der Waals surface area contributed by atoms with Gasteiger partial charge in [-0.25, -0.2) is 4.98 Å². The fourth-order valence-electron chi connectivity index (χ4n) is 0.541. The highest BCUT2D eigenvalue weighted by Gasteiger charge is 1.97. The number of hydrogen-bond acceptors (Lipinski definition) is 3. The molecule has 50 valence electrons. The van der Waals surface area contributed by atoms with E-state index >= 15 is 0 Å². The Morgan fingerprint density at radius 2 is 2.40 bits per heavy atom. The third-order valence-electron chi connectivity index (χ3n) is 0.997. The van der Waals surface area contributed by atoms with Crippen LogP contribution in [0.25, 0.3) is 0 Å². The molecule has 0 saturated heterocycles. The summed E-state index contributed by atoms with van der Waals surface area (Å²) in [6, 6.07) is 3.49. The van der Waals surface area contributed by atoms with Gasteiger partial charge in [-0.1, -0.05) is 0 Å². The first kappa shape index (κ1) is 7.03. The zero-order valence-corrected chi connectivity index (χ0v) is 6.59. The first-order valence-electron chi connectivity index (χ1n) is 2.55. The molecule has 0 aliphatic heterocycles. The van der Waals surface area contributed by atoms with E-state index in [9.17, 15) is 0 Å². The first-order chi connectivity index (χ1) is 4.74. The van der Waals surface area contributed by atoms with Crippen LogP contribution in [0.4, 0.5) is 5.82 Å². The summed E-state index contributed by atoms with van der Waals surface area (Å²) in [5.41, 5.74) is 5.83. The minimum atomic E-state index is 0.361. The molecular formula is C6H4BrN3. The Hall–Kier alpha value is -1.08. The van der Waals surface area contributed by atoms with Crippen LogP contribution in [0.3, 0.4) is 0 Å². The number of nitrogens with two attached hydrogens (primary N) is 1. The van der Waals surface area contributed by atoms with Crippen LogP contribution in [0.2, 0.25) is 0 Å². The molecule has 4 heteroatoms. The zero-order valence-electron chi connectivity index (χ0n) is 5.00. The monoisotopic (exact) mass is 197 g/mol. The molecular weight excluding hydrogens is 194 g/mol. The van der Waals surface area contributed by atoms with Gasteiger partial charge in [0.15, 0.2) is 0 Å². The molecule has 0 aliphatic rings. The van der Waals surface area contributed by atoms with E-state index in [0.29, 0.717) is 15.9 Å². The molecule has 0 atom stereocenters. The van der Waals surface area contributed by atoms with Gasteiger partial charge in [0, 0.05) is 6.20 Å². The number of halogens is 1.